The first-order valence-electron chi connectivity index (χ1n) is 4.88. The van der Waals surface area contributed by atoms with E-state index in [2.05, 4.69) is 0 Å². The minimum Gasteiger partial charge on any atom is -0.351 e. The van der Waals surface area contributed by atoms with E-state index in [9.17, 15) is 14.4 Å². The van der Waals surface area contributed by atoms with Gasteiger partial charge in [0.05, 0.1) is 6.54 Å². The Bertz CT molecular complexity index is 267. The second kappa shape index (κ2) is 5.45. The van der Waals surface area contributed by atoms with Crippen molar-refractivity contribution >= 4 is 18.2 Å². The number of nitrogens with one attached hydrogen (secondary N) is 1. The lowest BCUT2D eigenvalue weighted by Crippen LogP contribution is -2.45. The van der Waals surface area contributed by atoms with E-state index in [0.29, 0.717) is 6.54 Å². The molecule has 0 spiro atoms. The number of aldehydes is 1. The lowest BCUT2D eigenvalue weighted by molar-refractivity contribution is -0.122. The normalized spacial score (nSPS) is 22.0. The van der Waals surface area contributed by atoms with Crippen LogP contribution in [0.4, 0.5) is 4.79 Å². The van der Waals surface area contributed by atoms with Crippen LogP contribution in [0.25, 0.3) is 0 Å². The molecule has 6 heteroatoms. The Hall–Kier alpha value is -1.43. The summed E-state index contributed by atoms with van der Waals surface area (Å²) in [6.07, 6.45) is 2.68. The largest absolute Gasteiger partial charge is 0.351 e. The van der Waals surface area contributed by atoms with Crippen molar-refractivity contribution in [1.82, 2.24) is 10.2 Å². The van der Waals surface area contributed by atoms with Crippen molar-refractivity contribution in [2.45, 2.75) is 12.8 Å². The molecule has 1 unspecified atom stereocenters. The highest BCUT2D eigenvalue weighted by atomic mass is 16.2. The van der Waals surface area contributed by atoms with Crippen LogP contribution in [0.5, 0.6) is 0 Å². The van der Waals surface area contributed by atoms with Crippen molar-refractivity contribution in [2.24, 2.45) is 11.7 Å². The molecule has 1 rings (SSSR count). The lowest BCUT2D eigenvalue weighted by atomic mass is 10.00. The van der Waals surface area contributed by atoms with Crippen molar-refractivity contribution in [2.75, 3.05) is 19.6 Å². The van der Waals surface area contributed by atoms with Crippen LogP contribution >= 0.6 is 0 Å². The number of nitrogens with zero attached hydrogens (tertiary/aromatic N) is 1. The molecule has 1 aliphatic heterocycles. The number of hydrogen-bond acceptors (Lipinski definition) is 4. The highest BCUT2D eigenvalue weighted by Crippen LogP contribution is 2.13. The molecule has 0 saturated carbocycles. The number of carbonyl (C=O) groups excluding carboxylic acids is 3. The molecule has 15 heavy (non-hydrogen) atoms. The zero-order valence-electron chi connectivity index (χ0n) is 8.44. The van der Waals surface area contributed by atoms with Crippen molar-refractivity contribution in [3.05, 3.63) is 0 Å². The Labute approximate surface area is 87.8 Å². The van der Waals surface area contributed by atoms with Crippen LogP contribution in [-0.2, 0) is 9.59 Å². The van der Waals surface area contributed by atoms with Gasteiger partial charge >= 0.3 is 6.03 Å². The molecule has 3 N–H and O–H groups in total. The second-order valence-corrected chi connectivity index (χ2v) is 3.69. The predicted molar refractivity (Wildman–Crippen MR) is 53.0 cm³/mol. The number of imide groups is 1. The van der Waals surface area contributed by atoms with Gasteiger partial charge < -0.3 is 10.5 Å². The third-order valence-electron chi connectivity index (χ3n) is 2.36. The van der Waals surface area contributed by atoms with Gasteiger partial charge in [-0.2, -0.15) is 0 Å². The molecule has 0 aromatic carbocycles. The number of rotatable bonds is 3. The number of urea groups is 1. The summed E-state index contributed by atoms with van der Waals surface area (Å²) in [5.41, 5.74) is 4.81. The van der Waals surface area contributed by atoms with E-state index in [1.54, 1.807) is 0 Å². The van der Waals surface area contributed by atoms with Gasteiger partial charge in [0.15, 0.2) is 0 Å². The summed E-state index contributed by atoms with van der Waals surface area (Å²) >= 11 is 0. The van der Waals surface area contributed by atoms with Crippen LogP contribution in [0.15, 0.2) is 0 Å². The van der Waals surface area contributed by atoms with Gasteiger partial charge in [-0.15, -0.1) is 0 Å². The zero-order valence-corrected chi connectivity index (χ0v) is 8.44. The standard InChI is InChI=1S/C9H15N3O3/c10-9(15)11-8(14)5-12-3-1-2-7(4-12)6-13/h6-7H,1-5H2,(H3,10,11,14,15). The van der Waals surface area contributed by atoms with Crippen molar-refractivity contribution < 1.29 is 14.4 Å². The molecule has 0 aromatic heterocycles. The minimum atomic E-state index is -0.844. The van der Waals surface area contributed by atoms with Gasteiger partial charge in [-0.1, -0.05) is 0 Å². The van der Waals surface area contributed by atoms with Gasteiger partial charge in [0.1, 0.15) is 6.29 Å². The van der Waals surface area contributed by atoms with Crippen LogP contribution in [0, 0.1) is 5.92 Å². The molecule has 1 fully saturated rings. The minimum absolute atomic E-state index is 0.000119. The van der Waals surface area contributed by atoms with Gasteiger partial charge in [0, 0.05) is 12.5 Å². The van der Waals surface area contributed by atoms with Gasteiger partial charge in [0.2, 0.25) is 5.91 Å². The molecule has 3 amide bonds. The van der Waals surface area contributed by atoms with Crippen molar-refractivity contribution in [3.63, 3.8) is 0 Å². The van der Waals surface area contributed by atoms with Gasteiger partial charge in [-0.05, 0) is 19.4 Å². The Morgan fingerprint density at radius 3 is 2.87 bits per heavy atom. The predicted octanol–water partition coefficient (Wildman–Crippen LogP) is -0.908. The molecular formula is C9H15N3O3. The number of primary amides is 1. The van der Waals surface area contributed by atoms with E-state index >= 15 is 0 Å². The van der Waals surface area contributed by atoms with E-state index in [-0.39, 0.29) is 12.5 Å². The highest BCUT2D eigenvalue weighted by molar-refractivity contribution is 5.94. The molecule has 0 aliphatic carbocycles. The van der Waals surface area contributed by atoms with E-state index in [0.717, 1.165) is 25.7 Å². The van der Waals surface area contributed by atoms with Crippen LogP contribution < -0.4 is 11.1 Å². The summed E-state index contributed by atoms with van der Waals surface area (Å²) in [4.78, 5) is 34.0. The summed E-state index contributed by atoms with van der Waals surface area (Å²) in [7, 11) is 0. The Kier molecular flexibility index (Phi) is 4.23. The molecular weight excluding hydrogens is 198 g/mol. The fraction of sp³-hybridized carbons (Fsp3) is 0.667. The molecule has 0 aromatic rings. The maximum absolute atomic E-state index is 11.2. The van der Waals surface area contributed by atoms with Crippen LogP contribution in [0.1, 0.15) is 12.8 Å². The number of hydrogen-bond donors (Lipinski definition) is 2. The number of carbonyl (C=O) groups is 3. The summed E-state index contributed by atoms with van der Waals surface area (Å²) in [5, 5.41) is 1.99. The number of nitrogens with two attached hydrogens (primary N) is 1. The number of amides is 3. The summed E-state index contributed by atoms with van der Waals surface area (Å²) in [5.74, 6) is -0.422. The quantitative estimate of drug-likeness (QED) is 0.594. The second-order valence-electron chi connectivity index (χ2n) is 3.69. The molecule has 1 saturated heterocycles. The van der Waals surface area contributed by atoms with Gasteiger partial charge in [-0.25, -0.2) is 4.79 Å². The molecule has 1 aliphatic rings. The molecule has 6 nitrogen and oxygen atoms in total. The Morgan fingerprint density at radius 2 is 2.27 bits per heavy atom. The fourth-order valence-electron chi connectivity index (χ4n) is 1.73. The van der Waals surface area contributed by atoms with Crippen LogP contribution in [-0.4, -0.2) is 42.8 Å². The number of likely N-dealkylation sites (tertiary alicyclic amines) is 1. The molecule has 0 radical (unpaired) electrons. The maximum atomic E-state index is 11.2. The molecule has 1 atom stereocenters. The molecule has 0 bridgehead atoms. The third-order valence-corrected chi connectivity index (χ3v) is 2.36. The fourth-order valence-corrected chi connectivity index (χ4v) is 1.73. The highest BCUT2D eigenvalue weighted by Gasteiger charge is 2.21. The Balaban J connectivity index is 2.34. The maximum Gasteiger partial charge on any atom is 0.318 e. The van der Waals surface area contributed by atoms with Crippen LogP contribution in [0.3, 0.4) is 0 Å². The van der Waals surface area contributed by atoms with E-state index < -0.39 is 11.9 Å². The van der Waals surface area contributed by atoms with E-state index in [1.165, 1.54) is 0 Å². The smallest absolute Gasteiger partial charge is 0.318 e. The average molecular weight is 213 g/mol. The summed E-state index contributed by atoms with van der Waals surface area (Å²) in [6.45, 7) is 1.47. The summed E-state index contributed by atoms with van der Waals surface area (Å²) in [6, 6.07) is -0.844. The third kappa shape index (κ3) is 4.07. The van der Waals surface area contributed by atoms with Gasteiger partial charge in [0.25, 0.3) is 0 Å². The first kappa shape index (κ1) is 11.6. The van der Waals surface area contributed by atoms with Gasteiger partial charge in [-0.3, -0.25) is 15.0 Å². The topological polar surface area (TPSA) is 92.5 Å². The first-order valence-corrected chi connectivity index (χ1v) is 4.88. The van der Waals surface area contributed by atoms with E-state index in [1.807, 2.05) is 10.2 Å². The molecule has 84 valence electrons. The van der Waals surface area contributed by atoms with E-state index in [4.69, 9.17) is 5.73 Å². The zero-order chi connectivity index (χ0) is 11.3. The van der Waals surface area contributed by atoms with Crippen molar-refractivity contribution in [1.29, 1.82) is 0 Å². The van der Waals surface area contributed by atoms with Crippen LogP contribution in [0.2, 0.25) is 0 Å². The monoisotopic (exact) mass is 213 g/mol. The molecule has 1 heterocycles. The first-order chi connectivity index (χ1) is 7.11. The average Bonchev–Trinajstić information content (AvgIpc) is 2.16. The summed E-state index contributed by atoms with van der Waals surface area (Å²) < 4.78 is 0. The Morgan fingerprint density at radius 1 is 1.53 bits per heavy atom. The SMILES string of the molecule is NC(=O)NC(=O)CN1CCCC(C=O)C1. The van der Waals surface area contributed by atoms with Crippen molar-refractivity contribution in [3.8, 4) is 0 Å². The lowest BCUT2D eigenvalue weighted by Gasteiger charge is -2.29. The number of piperidine rings is 1.